The highest BCUT2D eigenvalue weighted by molar-refractivity contribution is 7.15. The Balaban J connectivity index is 1.23. The second-order valence-corrected chi connectivity index (χ2v) is 14.2. The fraction of sp³-hybridized carbons (Fsp3) is 0.154. The van der Waals surface area contributed by atoms with E-state index in [2.05, 4.69) is 88.3 Å². The minimum Gasteiger partial charge on any atom is -0.478 e. The largest absolute Gasteiger partial charge is 0.478 e. The Hall–Kier alpha value is -4.89. The molecule has 2 N–H and O–H groups in total. The van der Waals surface area contributed by atoms with Crippen LogP contribution in [0.5, 0.6) is 0 Å². The minimum absolute atomic E-state index is 0.296. The van der Waals surface area contributed by atoms with Gasteiger partial charge in [0.2, 0.25) is 0 Å². The van der Waals surface area contributed by atoms with E-state index in [1.807, 2.05) is 36.7 Å². The van der Waals surface area contributed by atoms with Gasteiger partial charge in [0.15, 0.2) is 0 Å². The fourth-order valence-electron chi connectivity index (χ4n) is 6.18. The summed E-state index contributed by atoms with van der Waals surface area (Å²) in [6.07, 6.45) is 8.19. The van der Waals surface area contributed by atoms with E-state index in [-0.39, 0.29) is 0 Å². The number of carboxylic acids is 1. The first-order chi connectivity index (χ1) is 22.9. The second-order valence-electron chi connectivity index (χ2n) is 11.9. The van der Waals surface area contributed by atoms with E-state index in [4.69, 9.17) is 0 Å². The molecule has 7 rings (SSSR count). The van der Waals surface area contributed by atoms with Gasteiger partial charge in [0.05, 0.1) is 5.56 Å². The lowest BCUT2D eigenvalue weighted by Gasteiger charge is -2.21. The summed E-state index contributed by atoms with van der Waals surface area (Å²) in [6.45, 7) is 6.62. The number of pyridine rings is 2. The van der Waals surface area contributed by atoms with E-state index >= 15 is 0 Å². The third-order valence-corrected chi connectivity index (χ3v) is 10.6. The van der Waals surface area contributed by atoms with Crippen LogP contribution in [0.3, 0.4) is 0 Å². The summed E-state index contributed by atoms with van der Waals surface area (Å²) in [7, 11) is 0. The Morgan fingerprint density at radius 3 is 1.94 bits per heavy atom. The lowest BCUT2D eigenvalue weighted by Crippen LogP contribution is -2.24. The molecule has 0 spiro atoms. The SMILES string of the molecule is Cc1cc(C)cc(-c2[nH]c3ccc(C(=O)O)cc3c2CCN(Cc2ccc(-c3cccnc3)s2)Cc2ccc(-c3cccnc3)s2)c1. The maximum absolute atomic E-state index is 12.0. The lowest BCUT2D eigenvalue weighted by atomic mass is 9.98. The molecule has 0 aliphatic carbocycles. The zero-order valence-electron chi connectivity index (χ0n) is 26.2. The van der Waals surface area contributed by atoms with Gasteiger partial charge in [-0.15, -0.1) is 22.7 Å². The number of fused-ring (bicyclic) bond motifs is 1. The van der Waals surface area contributed by atoms with Gasteiger partial charge in [-0.3, -0.25) is 14.9 Å². The Labute approximate surface area is 282 Å². The maximum Gasteiger partial charge on any atom is 0.335 e. The molecular weight excluding hydrogens is 621 g/mol. The number of nitrogens with zero attached hydrogens (tertiary/aromatic N) is 3. The van der Waals surface area contributed by atoms with Gasteiger partial charge in [0.25, 0.3) is 0 Å². The Bertz CT molecular complexity index is 2070. The van der Waals surface area contributed by atoms with E-state index in [0.29, 0.717) is 5.56 Å². The van der Waals surface area contributed by atoms with Crippen molar-refractivity contribution in [2.75, 3.05) is 6.54 Å². The summed E-state index contributed by atoms with van der Waals surface area (Å²) in [5.41, 5.74) is 9.21. The fourth-order valence-corrected chi connectivity index (χ4v) is 8.26. The Morgan fingerprint density at radius 1 is 0.766 bits per heavy atom. The van der Waals surface area contributed by atoms with Crippen LogP contribution in [-0.2, 0) is 19.5 Å². The molecule has 0 saturated heterocycles. The molecular formula is C39H34N4O2S2. The van der Waals surface area contributed by atoms with Crippen LogP contribution >= 0.6 is 22.7 Å². The van der Waals surface area contributed by atoms with Crippen molar-refractivity contribution in [3.63, 3.8) is 0 Å². The number of hydrogen-bond donors (Lipinski definition) is 2. The average Bonchev–Trinajstić information content (AvgIpc) is 3.83. The van der Waals surface area contributed by atoms with Crippen LogP contribution in [0, 0.1) is 13.8 Å². The molecule has 0 atom stereocenters. The lowest BCUT2D eigenvalue weighted by molar-refractivity contribution is 0.0697. The van der Waals surface area contributed by atoms with Crippen LogP contribution in [0.25, 0.3) is 43.0 Å². The number of rotatable bonds is 11. The van der Waals surface area contributed by atoms with Crippen LogP contribution in [0.4, 0.5) is 0 Å². The molecule has 6 nitrogen and oxygen atoms in total. The number of thiophene rings is 2. The highest BCUT2D eigenvalue weighted by Gasteiger charge is 2.19. The molecule has 0 unspecified atom stereocenters. The number of aromatic nitrogens is 3. The van der Waals surface area contributed by atoms with Gasteiger partial charge in [-0.2, -0.15) is 0 Å². The maximum atomic E-state index is 12.0. The van der Waals surface area contributed by atoms with Crippen LogP contribution < -0.4 is 0 Å². The molecule has 47 heavy (non-hydrogen) atoms. The molecule has 0 amide bonds. The molecule has 0 saturated carbocycles. The number of aromatic carboxylic acids is 1. The number of aromatic amines is 1. The molecule has 234 valence electrons. The molecule has 7 aromatic rings. The van der Waals surface area contributed by atoms with Crippen molar-refractivity contribution in [3.05, 3.63) is 142 Å². The molecule has 0 aliphatic rings. The van der Waals surface area contributed by atoms with Crippen LogP contribution in [0.1, 0.15) is 36.8 Å². The highest BCUT2D eigenvalue weighted by atomic mass is 32.1. The van der Waals surface area contributed by atoms with Crippen LogP contribution in [-0.4, -0.2) is 37.5 Å². The van der Waals surface area contributed by atoms with E-state index in [0.717, 1.165) is 64.9 Å². The summed E-state index contributed by atoms with van der Waals surface area (Å²) < 4.78 is 0. The number of benzene rings is 2. The molecule has 5 aromatic heterocycles. The van der Waals surface area contributed by atoms with Crippen molar-refractivity contribution in [1.82, 2.24) is 19.9 Å². The third-order valence-electron chi connectivity index (χ3n) is 8.32. The van der Waals surface area contributed by atoms with E-state index in [1.54, 1.807) is 41.1 Å². The van der Waals surface area contributed by atoms with Gasteiger partial charge >= 0.3 is 5.97 Å². The Kier molecular flexibility index (Phi) is 8.80. The number of carboxylic acid groups (broad SMARTS) is 1. The van der Waals surface area contributed by atoms with Crippen molar-refractivity contribution in [1.29, 1.82) is 0 Å². The summed E-state index contributed by atoms with van der Waals surface area (Å²) >= 11 is 3.61. The molecule has 0 radical (unpaired) electrons. The standard InChI is InChI=1S/C39H34N4O2S2/c1-25-17-26(2)19-30(18-25)38-33(34-20-27(39(44)45)7-10-35(34)42-38)13-16-43(23-31-8-11-36(46-31)28-5-3-14-40-21-28)24-32-9-12-37(47-32)29-6-4-15-41-22-29/h3-12,14-15,17-22,42H,13,16,23-24H2,1-2H3,(H,44,45). The summed E-state index contributed by atoms with van der Waals surface area (Å²) in [4.78, 5) is 31.7. The first kappa shape index (κ1) is 30.7. The van der Waals surface area contributed by atoms with Gasteiger partial charge in [-0.25, -0.2) is 4.79 Å². The number of nitrogens with one attached hydrogen (secondary N) is 1. The van der Waals surface area contributed by atoms with Crippen molar-refractivity contribution in [3.8, 4) is 32.1 Å². The number of aryl methyl sites for hydroxylation is 2. The molecule has 8 heteroatoms. The van der Waals surface area contributed by atoms with Crippen LogP contribution in [0.15, 0.2) is 110 Å². The zero-order valence-corrected chi connectivity index (χ0v) is 27.9. The van der Waals surface area contributed by atoms with Gasteiger partial charge in [0.1, 0.15) is 0 Å². The Morgan fingerprint density at radius 2 is 1.38 bits per heavy atom. The minimum atomic E-state index is -0.919. The first-order valence-corrected chi connectivity index (χ1v) is 17.2. The number of carbonyl (C=O) groups is 1. The molecule has 5 heterocycles. The zero-order chi connectivity index (χ0) is 32.3. The van der Waals surface area contributed by atoms with Gasteiger partial charge < -0.3 is 10.1 Å². The molecule has 0 fully saturated rings. The monoisotopic (exact) mass is 654 g/mol. The predicted octanol–water partition coefficient (Wildman–Crippen LogP) is 9.64. The van der Waals surface area contributed by atoms with Crippen molar-refractivity contribution in [2.24, 2.45) is 0 Å². The first-order valence-electron chi connectivity index (χ1n) is 15.6. The normalized spacial score (nSPS) is 11.5. The van der Waals surface area contributed by atoms with Gasteiger partial charge in [-0.1, -0.05) is 29.3 Å². The topological polar surface area (TPSA) is 82.1 Å². The van der Waals surface area contributed by atoms with Gasteiger partial charge in [0, 0.05) is 91.7 Å². The average molecular weight is 655 g/mol. The molecule has 0 aliphatic heterocycles. The third kappa shape index (κ3) is 6.95. The van der Waals surface area contributed by atoms with E-state index < -0.39 is 5.97 Å². The van der Waals surface area contributed by atoms with Crippen LogP contribution in [0.2, 0.25) is 0 Å². The van der Waals surface area contributed by atoms with E-state index in [1.165, 1.54) is 30.6 Å². The quantitative estimate of drug-likeness (QED) is 0.145. The summed E-state index contributed by atoms with van der Waals surface area (Å²) in [5, 5.41) is 10.8. The van der Waals surface area contributed by atoms with Crippen molar-refractivity contribution in [2.45, 2.75) is 33.4 Å². The van der Waals surface area contributed by atoms with Crippen molar-refractivity contribution >= 4 is 39.5 Å². The molecule has 0 bridgehead atoms. The predicted molar refractivity (Wildman–Crippen MR) is 193 cm³/mol. The van der Waals surface area contributed by atoms with Gasteiger partial charge in [-0.05, 0) is 98.1 Å². The van der Waals surface area contributed by atoms with Crippen molar-refractivity contribution < 1.29 is 9.90 Å². The summed E-state index contributed by atoms with van der Waals surface area (Å²) in [5.74, 6) is -0.919. The second kappa shape index (κ2) is 13.5. The number of hydrogen-bond acceptors (Lipinski definition) is 6. The highest BCUT2D eigenvalue weighted by Crippen LogP contribution is 2.35. The number of H-pyrrole nitrogens is 1. The van der Waals surface area contributed by atoms with E-state index in [9.17, 15) is 9.90 Å². The summed E-state index contributed by atoms with van der Waals surface area (Å²) in [6, 6.07) is 28.9. The smallest absolute Gasteiger partial charge is 0.335 e. The molecule has 2 aromatic carbocycles.